The Morgan fingerprint density at radius 2 is 2.12 bits per heavy atom. The number of halogens is 3. The molecular weight excluding hydrogens is 393 g/mol. The summed E-state index contributed by atoms with van der Waals surface area (Å²) in [5.74, 6) is -3.19. The van der Waals surface area contributed by atoms with Crippen LogP contribution in [0.15, 0.2) is 34.8 Å². The number of alkyl halides is 1. The minimum absolute atomic E-state index is 0.194. The van der Waals surface area contributed by atoms with Crippen molar-refractivity contribution < 1.29 is 26.3 Å². The second-order valence-corrected chi connectivity index (χ2v) is 7.42. The number of hydrogen-bond acceptors (Lipinski definition) is 6. The Labute approximate surface area is 149 Å². The zero-order chi connectivity index (χ0) is 18.7. The second-order valence-electron chi connectivity index (χ2n) is 4.84. The van der Waals surface area contributed by atoms with Crippen LogP contribution in [0.25, 0.3) is 10.7 Å². The van der Waals surface area contributed by atoms with Gasteiger partial charge in [-0.25, -0.2) is 22.2 Å². The average Bonchev–Trinajstić information content (AvgIpc) is 3.27. The van der Waals surface area contributed by atoms with Gasteiger partial charge in [0.2, 0.25) is 5.95 Å². The smallest absolute Gasteiger partial charge is 0.263 e. The summed E-state index contributed by atoms with van der Waals surface area (Å²) in [4.78, 5) is 9.75. The topological polar surface area (TPSA) is 97.0 Å². The molecule has 0 radical (unpaired) electrons. The number of nitrogens with one attached hydrogen (secondary N) is 2. The highest BCUT2D eigenvalue weighted by Crippen LogP contribution is 2.26. The van der Waals surface area contributed by atoms with Crippen molar-refractivity contribution in [3.63, 3.8) is 0 Å². The summed E-state index contributed by atoms with van der Waals surface area (Å²) in [6.07, 6.45) is 2.75. The molecule has 0 aliphatic carbocycles. The van der Waals surface area contributed by atoms with E-state index in [9.17, 15) is 21.6 Å². The molecule has 0 unspecified atom stereocenters. The number of pyridine rings is 1. The van der Waals surface area contributed by atoms with Crippen LogP contribution in [0.3, 0.4) is 0 Å². The predicted molar refractivity (Wildman–Crippen MR) is 88.3 cm³/mol. The van der Waals surface area contributed by atoms with Crippen LogP contribution >= 0.6 is 11.3 Å². The zero-order valence-corrected chi connectivity index (χ0v) is 14.5. The Hall–Kier alpha value is -2.60. The summed E-state index contributed by atoms with van der Waals surface area (Å²) in [5, 5.41) is 2.29. The molecule has 3 aromatic rings. The Morgan fingerprint density at radius 3 is 2.81 bits per heavy atom. The number of sulfonamides is 1. The molecule has 0 aliphatic heterocycles. The van der Waals surface area contributed by atoms with Gasteiger partial charge < -0.3 is 9.72 Å². The van der Waals surface area contributed by atoms with Gasteiger partial charge in [0, 0.05) is 23.8 Å². The number of hydrogen-bond donors (Lipinski definition) is 2. The summed E-state index contributed by atoms with van der Waals surface area (Å²) in [6.45, 7) is -1.41. The molecule has 3 heterocycles. The van der Waals surface area contributed by atoms with E-state index in [0.717, 1.165) is 0 Å². The molecule has 26 heavy (non-hydrogen) atoms. The zero-order valence-electron chi connectivity index (χ0n) is 12.9. The van der Waals surface area contributed by atoms with E-state index in [0.29, 0.717) is 16.8 Å². The van der Waals surface area contributed by atoms with Gasteiger partial charge >= 0.3 is 0 Å². The first kappa shape index (κ1) is 18.2. The van der Waals surface area contributed by atoms with Crippen LogP contribution in [0.4, 0.5) is 18.9 Å². The van der Waals surface area contributed by atoms with E-state index in [1.54, 1.807) is 11.6 Å². The number of thiazole rings is 1. The third kappa shape index (κ3) is 3.80. The molecule has 0 aliphatic rings. The molecule has 0 spiro atoms. The van der Waals surface area contributed by atoms with Gasteiger partial charge in [-0.2, -0.15) is 9.37 Å². The first-order valence-corrected chi connectivity index (χ1v) is 9.43. The first-order chi connectivity index (χ1) is 12.4. The highest BCUT2D eigenvalue weighted by molar-refractivity contribution is 7.92. The van der Waals surface area contributed by atoms with Crippen molar-refractivity contribution >= 4 is 27.0 Å². The van der Waals surface area contributed by atoms with E-state index in [-0.39, 0.29) is 4.90 Å². The quantitative estimate of drug-likeness (QED) is 0.590. The number of rotatable bonds is 7. The maximum absolute atomic E-state index is 13.9. The Morgan fingerprint density at radius 1 is 1.31 bits per heavy atom. The van der Waals surface area contributed by atoms with Crippen molar-refractivity contribution in [3.05, 3.63) is 41.7 Å². The molecule has 3 rings (SSSR count). The molecule has 0 aromatic carbocycles. The lowest BCUT2D eigenvalue weighted by Crippen LogP contribution is -2.15. The largest absolute Gasteiger partial charge is 0.473 e. The molecule has 7 nitrogen and oxygen atoms in total. The standard InChI is InChI=1S/C14H11F3N4O3S2/c15-1-3-24-13-9(16)6-10(12(17)20-13)21-26(22,23)8-5-11(19-7-8)14-18-2-4-25-14/h2,4-7,19,21H,1,3H2. The fourth-order valence-electron chi connectivity index (χ4n) is 1.97. The monoisotopic (exact) mass is 404 g/mol. The predicted octanol–water partition coefficient (Wildman–Crippen LogP) is 2.96. The fourth-order valence-corrected chi connectivity index (χ4v) is 3.63. The number of anilines is 1. The minimum Gasteiger partial charge on any atom is -0.473 e. The maximum Gasteiger partial charge on any atom is 0.263 e. The molecule has 12 heteroatoms. The average molecular weight is 404 g/mol. The number of nitrogens with zero attached hydrogens (tertiary/aromatic N) is 2. The van der Waals surface area contributed by atoms with Crippen molar-refractivity contribution in [1.82, 2.24) is 15.0 Å². The van der Waals surface area contributed by atoms with Gasteiger partial charge in [0.05, 0.1) is 5.69 Å². The molecule has 2 N–H and O–H groups in total. The maximum atomic E-state index is 13.9. The molecule has 0 saturated heterocycles. The van der Waals surface area contributed by atoms with Crippen molar-refractivity contribution in [2.45, 2.75) is 4.90 Å². The lowest BCUT2D eigenvalue weighted by molar-refractivity contribution is 0.249. The van der Waals surface area contributed by atoms with Crippen LogP contribution in [0.2, 0.25) is 0 Å². The molecular formula is C14H11F3N4O3S2. The van der Waals surface area contributed by atoms with Crippen molar-refractivity contribution in [2.75, 3.05) is 18.0 Å². The Bertz CT molecular complexity index is 1010. The molecule has 0 bridgehead atoms. The van der Waals surface area contributed by atoms with Crippen LogP contribution < -0.4 is 9.46 Å². The number of aromatic amines is 1. The van der Waals surface area contributed by atoms with Gasteiger partial charge in [0.15, 0.2) is 5.82 Å². The van der Waals surface area contributed by atoms with Crippen molar-refractivity contribution in [1.29, 1.82) is 0 Å². The van der Waals surface area contributed by atoms with E-state index in [1.807, 2.05) is 4.72 Å². The number of aromatic nitrogens is 3. The third-order valence-corrected chi connectivity index (χ3v) is 5.24. The van der Waals surface area contributed by atoms with Crippen LogP contribution in [-0.4, -0.2) is 36.7 Å². The lowest BCUT2D eigenvalue weighted by Gasteiger charge is -2.09. The molecule has 0 atom stereocenters. The van der Waals surface area contributed by atoms with Gasteiger partial charge in [-0.15, -0.1) is 11.3 Å². The van der Waals surface area contributed by atoms with Crippen LogP contribution in [0, 0.1) is 11.8 Å². The SMILES string of the molecule is O=S(=O)(Nc1cc(F)c(OCCF)nc1F)c1c[nH]c(-c2nccs2)c1. The number of H-pyrrole nitrogens is 1. The number of ether oxygens (including phenoxy) is 1. The molecule has 0 saturated carbocycles. The summed E-state index contributed by atoms with van der Waals surface area (Å²) in [7, 11) is -4.20. The van der Waals surface area contributed by atoms with Crippen LogP contribution in [0.1, 0.15) is 0 Å². The molecule has 138 valence electrons. The van der Waals surface area contributed by atoms with E-state index in [4.69, 9.17) is 0 Å². The van der Waals surface area contributed by atoms with Crippen molar-refractivity contribution in [2.24, 2.45) is 0 Å². The van der Waals surface area contributed by atoms with E-state index in [2.05, 4.69) is 19.7 Å². The summed E-state index contributed by atoms with van der Waals surface area (Å²) < 4.78 is 71.0. The first-order valence-electron chi connectivity index (χ1n) is 7.06. The van der Waals surface area contributed by atoms with Gasteiger partial charge in [0.1, 0.15) is 28.9 Å². The third-order valence-electron chi connectivity index (χ3n) is 3.09. The van der Waals surface area contributed by atoms with Gasteiger partial charge in [-0.1, -0.05) is 0 Å². The Kier molecular flexibility index (Phi) is 5.13. The molecule has 0 fully saturated rings. The summed E-state index contributed by atoms with van der Waals surface area (Å²) in [5.41, 5.74) is -0.243. The van der Waals surface area contributed by atoms with Gasteiger partial charge in [-0.3, -0.25) is 4.72 Å². The van der Waals surface area contributed by atoms with Crippen LogP contribution in [-0.2, 0) is 10.0 Å². The van der Waals surface area contributed by atoms with E-state index < -0.39 is 46.6 Å². The highest BCUT2D eigenvalue weighted by Gasteiger charge is 2.21. The minimum atomic E-state index is -4.20. The van der Waals surface area contributed by atoms with Gasteiger partial charge in [-0.05, 0) is 6.07 Å². The van der Waals surface area contributed by atoms with Gasteiger partial charge in [0.25, 0.3) is 15.9 Å². The Balaban J connectivity index is 1.84. The lowest BCUT2D eigenvalue weighted by atomic mass is 10.4. The van der Waals surface area contributed by atoms with E-state index >= 15 is 0 Å². The highest BCUT2D eigenvalue weighted by atomic mass is 32.2. The molecule has 3 aromatic heterocycles. The van der Waals surface area contributed by atoms with Crippen molar-refractivity contribution in [3.8, 4) is 16.6 Å². The van der Waals surface area contributed by atoms with E-state index in [1.165, 1.54) is 23.6 Å². The van der Waals surface area contributed by atoms with Crippen LogP contribution in [0.5, 0.6) is 5.88 Å². The second kappa shape index (κ2) is 7.33. The fraction of sp³-hybridized carbons (Fsp3) is 0.143. The molecule has 0 amide bonds. The summed E-state index contributed by atoms with van der Waals surface area (Å²) in [6, 6.07) is 1.88. The summed E-state index contributed by atoms with van der Waals surface area (Å²) >= 11 is 1.30. The normalized spacial score (nSPS) is 11.5.